The molecule has 118 valence electrons. The molecule has 2 aromatic heterocycles. The number of carbonyl (C=O) groups is 1. The first-order valence-corrected chi connectivity index (χ1v) is 7.67. The summed E-state index contributed by atoms with van der Waals surface area (Å²) in [6.07, 6.45) is 1.45. The smallest absolute Gasteiger partial charge is 0.310 e. The second kappa shape index (κ2) is 5.22. The van der Waals surface area contributed by atoms with E-state index < -0.39 is 0 Å². The van der Waals surface area contributed by atoms with Crippen LogP contribution >= 0.6 is 0 Å². The number of aromatic nitrogens is 3. The second-order valence-electron chi connectivity index (χ2n) is 5.86. The number of carbonyl (C=O) groups excluding carboxylic acids is 1. The minimum atomic E-state index is -0.184. The number of rotatable bonds is 2. The van der Waals surface area contributed by atoms with Gasteiger partial charge in [-0.1, -0.05) is 18.2 Å². The van der Waals surface area contributed by atoms with Crippen LogP contribution in [0.25, 0.3) is 22.6 Å². The number of ether oxygens (including phenoxy) is 1. The Morgan fingerprint density at radius 3 is 2.96 bits per heavy atom. The predicted molar refractivity (Wildman–Crippen MR) is 83.8 cm³/mol. The van der Waals surface area contributed by atoms with Gasteiger partial charge in [-0.05, 0) is 19.4 Å². The molecular weight excluding hydrogens is 294 g/mol. The topological polar surface area (TPSA) is 70.2 Å². The molecule has 0 bridgehead atoms. The number of para-hydroxylation sites is 1. The van der Waals surface area contributed by atoms with E-state index in [1.165, 1.54) is 7.11 Å². The molecule has 0 saturated heterocycles. The van der Waals surface area contributed by atoms with E-state index in [4.69, 9.17) is 9.15 Å². The summed E-state index contributed by atoms with van der Waals surface area (Å²) in [5.41, 5.74) is 1.87. The Kier molecular flexibility index (Phi) is 3.18. The number of furan rings is 1. The lowest BCUT2D eigenvalue weighted by Gasteiger charge is -2.21. The largest absolute Gasteiger partial charge is 0.469 e. The van der Waals surface area contributed by atoms with E-state index >= 15 is 0 Å². The minimum Gasteiger partial charge on any atom is -0.469 e. The SMILES string of the molecule is COC(=O)C1CCc2nnc(-c3oc4ccccc4c3C)n2C1. The Morgan fingerprint density at radius 1 is 1.35 bits per heavy atom. The highest BCUT2D eigenvalue weighted by Crippen LogP contribution is 2.34. The van der Waals surface area contributed by atoms with Crippen LogP contribution in [-0.4, -0.2) is 27.8 Å². The lowest BCUT2D eigenvalue weighted by molar-refractivity contribution is -0.146. The quantitative estimate of drug-likeness (QED) is 0.681. The van der Waals surface area contributed by atoms with E-state index in [1.54, 1.807) is 0 Å². The van der Waals surface area contributed by atoms with Crippen molar-refractivity contribution in [2.24, 2.45) is 5.92 Å². The molecule has 1 aliphatic heterocycles. The van der Waals surface area contributed by atoms with Crippen molar-refractivity contribution >= 4 is 16.9 Å². The molecule has 0 spiro atoms. The number of esters is 1. The summed E-state index contributed by atoms with van der Waals surface area (Å²) in [4.78, 5) is 11.9. The van der Waals surface area contributed by atoms with Crippen LogP contribution in [0.4, 0.5) is 0 Å². The van der Waals surface area contributed by atoms with E-state index in [2.05, 4.69) is 10.2 Å². The molecule has 1 aliphatic rings. The molecule has 1 aromatic carbocycles. The number of hydrogen-bond acceptors (Lipinski definition) is 5. The number of hydrogen-bond donors (Lipinski definition) is 0. The standard InChI is InChI=1S/C17H17N3O3/c1-10-12-5-3-4-6-13(12)23-15(10)16-19-18-14-8-7-11(9-20(14)16)17(21)22-2/h3-6,11H,7-9H2,1-2H3. The first-order chi connectivity index (χ1) is 11.2. The van der Waals surface area contributed by atoms with Gasteiger partial charge in [0.1, 0.15) is 11.4 Å². The van der Waals surface area contributed by atoms with Crippen molar-refractivity contribution in [3.63, 3.8) is 0 Å². The molecule has 1 unspecified atom stereocenters. The van der Waals surface area contributed by atoms with Gasteiger partial charge in [0.2, 0.25) is 0 Å². The second-order valence-corrected chi connectivity index (χ2v) is 5.86. The van der Waals surface area contributed by atoms with Gasteiger partial charge in [0.25, 0.3) is 0 Å². The average Bonchev–Trinajstić information content (AvgIpc) is 3.15. The zero-order chi connectivity index (χ0) is 16.0. The molecular formula is C17H17N3O3. The summed E-state index contributed by atoms with van der Waals surface area (Å²) in [5.74, 6) is 1.95. The van der Waals surface area contributed by atoms with Gasteiger partial charge in [0, 0.05) is 23.9 Å². The monoisotopic (exact) mass is 311 g/mol. The Labute approximate surface area is 133 Å². The Balaban J connectivity index is 1.80. The summed E-state index contributed by atoms with van der Waals surface area (Å²) in [6, 6.07) is 7.90. The molecule has 23 heavy (non-hydrogen) atoms. The molecule has 0 aliphatic carbocycles. The Morgan fingerprint density at radius 2 is 2.17 bits per heavy atom. The van der Waals surface area contributed by atoms with Crippen LogP contribution in [0.2, 0.25) is 0 Å². The van der Waals surface area contributed by atoms with E-state index in [0.29, 0.717) is 18.8 Å². The summed E-state index contributed by atoms with van der Waals surface area (Å²) in [7, 11) is 1.42. The summed E-state index contributed by atoms with van der Waals surface area (Å²) < 4.78 is 12.9. The van der Waals surface area contributed by atoms with Gasteiger partial charge in [-0.3, -0.25) is 4.79 Å². The van der Waals surface area contributed by atoms with Gasteiger partial charge in [0.05, 0.1) is 13.0 Å². The first kappa shape index (κ1) is 14.0. The van der Waals surface area contributed by atoms with Crippen LogP contribution in [0.1, 0.15) is 17.8 Å². The zero-order valence-electron chi connectivity index (χ0n) is 13.1. The fourth-order valence-corrected chi connectivity index (χ4v) is 3.24. The van der Waals surface area contributed by atoms with Crippen LogP contribution < -0.4 is 0 Å². The molecule has 0 N–H and O–H groups in total. The van der Waals surface area contributed by atoms with Crippen LogP contribution in [0.5, 0.6) is 0 Å². The van der Waals surface area contributed by atoms with Crippen molar-refractivity contribution in [2.45, 2.75) is 26.3 Å². The molecule has 0 amide bonds. The molecule has 3 heterocycles. The molecule has 4 rings (SSSR count). The number of fused-ring (bicyclic) bond motifs is 2. The maximum Gasteiger partial charge on any atom is 0.310 e. The summed E-state index contributed by atoms with van der Waals surface area (Å²) in [5, 5.41) is 9.65. The zero-order valence-corrected chi connectivity index (χ0v) is 13.1. The fraction of sp³-hybridized carbons (Fsp3) is 0.353. The molecule has 6 nitrogen and oxygen atoms in total. The molecule has 0 radical (unpaired) electrons. The van der Waals surface area contributed by atoms with Gasteiger partial charge in [-0.15, -0.1) is 10.2 Å². The van der Waals surface area contributed by atoms with Gasteiger partial charge in [-0.2, -0.15) is 0 Å². The molecule has 0 saturated carbocycles. The average molecular weight is 311 g/mol. The Bertz CT molecular complexity index is 894. The van der Waals surface area contributed by atoms with Crippen LogP contribution in [-0.2, 0) is 22.5 Å². The third kappa shape index (κ3) is 2.13. The molecule has 6 heteroatoms. The number of aryl methyl sites for hydroxylation is 2. The number of nitrogens with zero attached hydrogens (tertiary/aromatic N) is 3. The minimum absolute atomic E-state index is 0.160. The fourth-order valence-electron chi connectivity index (χ4n) is 3.24. The number of benzene rings is 1. The highest BCUT2D eigenvalue weighted by molar-refractivity contribution is 5.86. The molecule has 1 atom stereocenters. The van der Waals surface area contributed by atoms with Gasteiger partial charge < -0.3 is 13.7 Å². The van der Waals surface area contributed by atoms with Crippen molar-refractivity contribution < 1.29 is 13.9 Å². The third-order valence-electron chi connectivity index (χ3n) is 4.53. The van der Waals surface area contributed by atoms with Gasteiger partial charge in [0.15, 0.2) is 11.6 Å². The number of methoxy groups -OCH3 is 1. The van der Waals surface area contributed by atoms with Gasteiger partial charge in [-0.25, -0.2) is 0 Å². The van der Waals surface area contributed by atoms with Crippen molar-refractivity contribution in [1.82, 2.24) is 14.8 Å². The predicted octanol–water partition coefficient (Wildman–Crippen LogP) is 2.74. The van der Waals surface area contributed by atoms with Crippen molar-refractivity contribution in [2.75, 3.05) is 7.11 Å². The van der Waals surface area contributed by atoms with Crippen molar-refractivity contribution in [3.8, 4) is 11.6 Å². The van der Waals surface area contributed by atoms with Crippen LogP contribution in [0.15, 0.2) is 28.7 Å². The Hall–Kier alpha value is -2.63. The maximum absolute atomic E-state index is 11.9. The van der Waals surface area contributed by atoms with E-state index in [-0.39, 0.29) is 11.9 Å². The van der Waals surface area contributed by atoms with Crippen LogP contribution in [0.3, 0.4) is 0 Å². The highest BCUT2D eigenvalue weighted by Gasteiger charge is 2.30. The van der Waals surface area contributed by atoms with Crippen molar-refractivity contribution in [3.05, 3.63) is 35.7 Å². The van der Waals surface area contributed by atoms with Gasteiger partial charge >= 0.3 is 5.97 Å². The molecule has 3 aromatic rings. The first-order valence-electron chi connectivity index (χ1n) is 7.67. The normalized spacial score (nSPS) is 17.2. The van der Waals surface area contributed by atoms with Crippen LogP contribution in [0, 0.1) is 12.8 Å². The lowest BCUT2D eigenvalue weighted by atomic mass is 9.99. The van der Waals surface area contributed by atoms with E-state index in [9.17, 15) is 4.79 Å². The van der Waals surface area contributed by atoms with E-state index in [1.807, 2.05) is 35.8 Å². The van der Waals surface area contributed by atoms with Crippen molar-refractivity contribution in [1.29, 1.82) is 0 Å². The highest BCUT2D eigenvalue weighted by atomic mass is 16.5. The van der Waals surface area contributed by atoms with E-state index in [0.717, 1.165) is 34.5 Å². The maximum atomic E-state index is 11.9. The third-order valence-corrected chi connectivity index (χ3v) is 4.53. The lowest BCUT2D eigenvalue weighted by Crippen LogP contribution is -2.28. The summed E-state index contributed by atoms with van der Waals surface area (Å²) >= 11 is 0. The summed E-state index contributed by atoms with van der Waals surface area (Å²) in [6.45, 7) is 2.55. The molecule has 0 fully saturated rings.